The molecule has 0 aliphatic carbocycles. The van der Waals surface area contributed by atoms with E-state index in [0.29, 0.717) is 11.8 Å². The second kappa shape index (κ2) is 5.45. The van der Waals surface area contributed by atoms with Crippen LogP contribution in [0.3, 0.4) is 0 Å². The molecule has 0 atom stereocenters. The average molecular weight is 233 g/mol. The minimum Gasteiger partial charge on any atom is -0.545 e. The Balaban J connectivity index is 2.66. The number of carbonyl (C=O) groups excluding carboxylic acids is 3. The van der Waals surface area contributed by atoms with Crippen molar-refractivity contribution in [3.63, 3.8) is 0 Å². The van der Waals surface area contributed by atoms with Crippen LogP contribution in [0.1, 0.15) is 10.4 Å². The predicted octanol–water partition coefficient (Wildman–Crippen LogP) is -1.71. The van der Waals surface area contributed by atoms with Crippen LogP contribution in [0.25, 0.3) is 0 Å². The van der Waals surface area contributed by atoms with Gasteiger partial charge >= 0.3 is 0 Å². The van der Waals surface area contributed by atoms with E-state index in [0.717, 1.165) is 6.08 Å². The van der Waals surface area contributed by atoms with Gasteiger partial charge in [-0.2, -0.15) is 0 Å². The molecule has 0 spiro atoms. The summed E-state index contributed by atoms with van der Waals surface area (Å²) in [6.45, 7) is 0. The van der Waals surface area contributed by atoms with Gasteiger partial charge in [0.05, 0.1) is 11.9 Å². The van der Waals surface area contributed by atoms with Gasteiger partial charge in [0.2, 0.25) is 5.91 Å². The van der Waals surface area contributed by atoms with Gasteiger partial charge in [-0.25, -0.2) is 0 Å². The lowest BCUT2D eigenvalue weighted by Gasteiger charge is -2.05. The highest BCUT2D eigenvalue weighted by Gasteiger charge is 1.98. The maximum atomic E-state index is 11.1. The Hall–Kier alpha value is -2.63. The van der Waals surface area contributed by atoms with Gasteiger partial charge in [-0.05, 0) is 23.8 Å². The van der Waals surface area contributed by atoms with Crippen molar-refractivity contribution in [2.75, 3.05) is 5.32 Å². The quantitative estimate of drug-likeness (QED) is 0.623. The Bertz CT molecular complexity index is 475. The summed E-state index contributed by atoms with van der Waals surface area (Å²) in [5.41, 5.74) is 0.316. The van der Waals surface area contributed by atoms with E-state index >= 15 is 0 Å². The van der Waals surface area contributed by atoms with E-state index < -0.39 is 17.8 Å². The number of benzene rings is 1. The monoisotopic (exact) mass is 233 g/mol. The van der Waals surface area contributed by atoms with Gasteiger partial charge in [-0.15, -0.1) is 0 Å². The number of hydrogen-bond acceptors (Lipinski definition) is 5. The zero-order valence-electron chi connectivity index (χ0n) is 8.51. The molecule has 0 bridgehead atoms. The minimum absolute atomic E-state index is 0.0201. The summed E-state index contributed by atoms with van der Waals surface area (Å²) in [6, 6.07) is 5.23. The third-order valence-corrected chi connectivity index (χ3v) is 1.76. The minimum atomic E-state index is -1.48. The second-order valence-corrected chi connectivity index (χ2v) is 3.01. The third kappa shape index (κ3) is 4.17. The molecule has 0 aliphatic heterocycles. The van der Waals surface area contributed by atoms with Gasteiger partial charge in [0.25, 0.3) is 0 Å². The molecule has 88 valence electrons. The number of carboxylic acids is 2. The number of aliphatic carboxylic acids is 1. The molecule has 6 heteroatoms. The van der Waals surface area contributed by atoms with Crippen molar-refractivity contribution < 1.29 is 24.6 Å². The molecule has 0 radical (unpaired) electrons. The van der Waals surface area contributed by atoms with Crippen molar-refractivity contribution in [3.05, 3.63) is 42.0 Å². The van der Waals surface area contributed by atoms with Crippen LogP contribution in [-0.2, 0) is 9.59 Å². The summed E-state index contributed by atoms with van der Waals surface area (Å²) in [7, 11) is 0. The highest BCUT2D eigenvalue weighted by molar-refractivity contribution is 6.02. The van der Waals surface area contributed by atoms with Gasteiger partial charge in [0.1, 0.15) is 0 Å². The molecule has 0 unspecified atom stereocenters. The van der Waals surface area contributed by atoms with Crippen LogP contribution in [0.4, 0.5) is 5.69 Å². The number of nitrogens with one attached hydrogen (secondary N) is 1. The van der Waals surface area contributed by atoms with Crippen LogP contribution >= 0.6 is 0 Å². The first kappa shape index (κ1) is 12.4. The Morgan fingerprint density at radius 3 is 2.06 bits per heavy atom. The normalized spacial score (nSPS) is 10.1. The van der Waals surface area contributed by atoms with E-state index in [4.69, 9.17) is 0 Å². The topological polar surface area (TPSA) is 109 Å². The maximum absolute atomic E-state index is 11.1. The van der Waals surface area contributed by atoms with Crippen LogP contribution in [0.5, 0.6) is 0 Å². The Kier molecular flexibility index (Phi) is 3.99. The van der Waals surface area contributed by atoms with Gasteiger partial charge in [0.15, 0.2) is 0 Å². The molecule has 1 aromatic carbocycles. The van der Waals surface area contributed by atoms with E-state index in [9.17, 15) is 24.6 Å². The lowest BCUT2D eigenvalue weighted by Crippen LogP contribution is -2.22. The fourth-order valence-corrected chi connectivity index (χ4v) is 1.02. The van der Waals surface area contributed by atoms with Crippen molar-refractivity contribution in [1.29, 1.82) is 0 Å². The molecular formula is C11H7NO5-2. The van der Waals surface area contributed by atoms with Crippen LogP contribution in [-0.4, -0.2) is 17.8 Å². The van der Waals surface area contributed by atoms with Crippen LogP contribution < -0.4 is 15.5 Å². The van der Waals surface area contributed by atoms with E-state index in [1.807, 2.05) is 0 Å². The van der Waals surface area contributed by atoms with Crippen LogP contribution in [0.15, 0.2) is 36.4 Å². The molecule has 0 fully saturated rings. The van der Waals surface area contributed by atoms with Crippen molar-refractivity contribution in [2.45, 2.75) is 0 Å². The molecule has 17 heavy (non-hydrogen) atoms. The molecule has 1 N–H and O–H groups in total. The third-order valence-electron chi connectivity index (χ3n) is 1.76. The van der Waals surface area contributed by atoms with Crippen molar-refractivity contribution in [1.82, 2.24) is 0 Å². The number of carbonyl (C=O) groups is 3. The standard InChI is InChI=1S/C11H9NO5/c13-9(5-6-10(14)15)12-8-3-1-7(2-4-8)11(16)17/h1-6H,(H,12,13)(H,14,15)(H,16,17)/p-2/b6-5+. The number of carboxylic acid groups (broad SMARTS) is 2. The van der Waals surface area contributed by atoms with Gasteiger partial charge < -0.3 is 25.1 Å². The molecule has 6 nitrogen and oxygen atoms in total. The van der Waals surface area contributed by atoms with Gasteiger partial charge in [0, 0.05) is 11.8 Å². The number of amides is 1. The molecule has 1 rings (SSSR count). The largest absolute Gasteiger partial charge is 0.545 e. The molecule has 1 amide bonds. The first-order valence-electron chi connectivity index (χ1n) is 4.50. The van der Waals surface area contributed by atoms with Crippen molar-refractivity contribution >= 4 is 23.5 Å². The maximum Gasteiger partial charge on any atom is 0.248 e. The number of anilines is 1. The first-order valence-corrected chi connectivity index (χ1v) is 4.50. The van der Waals surface area contributed by atoms with E-state index in [2.05, 4.69) is 5.32 Å². The Labute approximate surface area is 96.2 Å². The molecule has 0 heterocycles. The summed E-state index contributed by atoms with van der Waals surface area (Å²) in [4.78, 5) is 31.6. The van der Waals surface area contributed by atoms with Crippen molar-refractivity contribution in [3.8, 4) is 0 Å². The highest BCUT2D eigenvalue weighted by atomic mass is 16.4. The number of hydrogen-bond donors (Lipinski definition) is 1. The molecule has 0 saturated carbocycles. The summed E-state index contributed by atoms with van der Waals surface area (Å²) < 4.78 is 0. The number of aromatic carboxylic acids is 1. The first-order chi connectivity index (χ1) is 7.99. The van der Waals surface area contributed by atoms with E-state index in [1.54, 1.807) is 0 Å². The lowest BCUT2D eigenvalue weighted by molar-refractivity contribution is -0.297. The van der Waals surface area contributed by atoms with E-state index in [-0.39, 0.29) is 5.56 Å². The lowest BCUT2D eigenvalue weighted by atomic mass is 10.2. The van der Waals surface area contributed by atoms with E-state index in [1.165, 1.54) is 24.3 Å². The molecule has 1 aromatic rings. The molecule has 0 aromatic heterocycles. The van der Waals surface area contributed by atoms with Gasteiger partial charge in [-0.1, -0.05) is 12.1 Å². The fourth-order valence-electron chi connectivity index (χ4n) is 1.02. The average Bonchev–Trinajstić information content (AvgIpc) is 2.27. The predicted molar refractivity (Wildman–Crippen MR) is 53.5 cm³/mol. The molecule has 0 saturated heterocycles. The number of rotatable bonds is 4. The highest BCUT2D eigenvalue weighted by Crippen LogP contribution is 2.08. The summed E-state index contributed by atoms with van der Waals surface area (Å²) in [5, 5.41) is 22.8. The smallest absolute Gasteiger partial charge is 0.248 e. The SMILES string of the molecule is O=C([O-])/C=C/C(=O)Nc1ccc(C(=O)[O-])cc1. The zero-order chi connectivity index (χ0) is 12.8. The zero-order valence-corrected chi connectivity index (χ0v) is 8.51. The fraction of sp³-hybridized carbons (Fsp3) is 0. The summed E-state index contributed by atoms with van der Waals surface area (Å²) >= 11 is 0. The Morgan fingerprint density at radius 1 is 1.00 bits per heavy atom. The summed E-state index contributed by atoms with van der Waals surface area (Å²) in [6.07, 6.45) is 1.38. The second-order valence-electron chi connectivity index (χ2n) is 3.01. The van der Waals surface area contributed by atoms with Crippen molar-refractivity contribution in [2.24, 2.45) is 0 Å². The Morgan fingerprint density at radius 2 is 1.59 bits per heavy atom. The van der Waals surface area contributed by atoms with Gasteiger partial charge in [-0.3, -0.25) is 4.79 Å². The van der Waals surface area contributed by atoms with Crippen LogP contribution in [0.2, 0.25) is 0 Å². The van der Waals surface area contributed by atoms with Crippen LogP contribution in [0, 0.1) is 0 Å². The molecular weight excluding hydrogens is 226 g/mol. The molecule has 0 aliphatic rings. The summed E-state index contributed by atoms with van der Waals surface area (Å²) in [5.74, 6) is -3.46.